The molecule has 0 heterocycles. The first-order valence-electron chi connectivity index (χ1n) is 9.42. The second-order valence-corrected chi connectivity index (χ2v) is 7.02. The Balaban J connectivity index is 1.56. The van der Waals surface area contributed by atoms with Gasteiger partial charge in [-0.05, 0) is 24.3 Å². The summed E-state index contributed by atoms with van der Waals surface area (Å²) in [6.07, 6.45) is 8.36. The molecule has 1 aromatic rings. The molecule has 2 atom stereocenters. The van der Waals surface area contributed by atoms with Crippen molar-refractivity contribution in [2.75, 3.05) is 19.8 Å². The van der Waals surface area contributed by atoms with E-state index in [-0.39, 0.29) is 18.8 Å². The second kappa shape index (κ2) is 11.6. The van der Waals surface area contributed by atoms with Gasteiger partial charge in [0.1, 0.15) is 0 Å². The molecule has 0 saturated heterocycles. The van der Waals surface area contributed by atoms with Crippen LogP contribution < -0.4 is 5.32 Å². The molecule has 136 valence electrons. The van der Waals surface area contributed by atoms with Crippen molar-refractivity contribution in [2.45, 2.75) is 63.7 Å². The minimum absolute atomic E-state index is 0.0180. The molecule has 4 heteroatoms. The number of aliphatic hydroxyl groups excluding tert-OH is 2. The number of hydrogen-bond acceptors (Lipinski definition) is 4. The molecule has 24 heavy (non-hydrogen) atoms. The van der Waals surface area contributed by atoms with E-state index in [0.717, 1.165) is 24.3 Å². The Bertz CT molecular complexity index is 420. The normalized spacial score (nSPS) is 18.4. The predicted molar refractivity (Wildman–Crippen MR) is 96.8 cm³/mol. The Hall–Kier alpha value is -0.940. The highest BCUT2D eigenvalue weighted by Gasteiger charge is 2.16. The number of hydrogen-bond donors (Lipinski definition) is 3. The van der Waals surface area contributed by atoms with Crippen LogP contribution in [0.15, 0.2) is 30.3 Å². The minimum Gasteiger partial charge on any atom is -0.395 e. The molecule has 1 aliphatic carbocycles. The fraction of sp³-hybridized carbons (Fsp3) is 0.700. The Morgan fingerprint density at radius 1 is 1.12 bits per heavy atom. The summed E-state index contributed by atoms with van der Waals surface area (Å²) in [5.41, 5.74) is 1.13. The molecule has 0 radical (unpaired) electrons. The minimum atomic E-state index is -0.338. The van der Waals surface area contributed by atoms with Gasteiger partial charge in [0.25, 0.3) is 0 Å². The molecule has 1 aromatic carbocycles. The Morgan fingerprint density at radius 3 is 2.58 bits per heavy atom. The smallest absolute Gasteiger partial charge is 0.0717 e. The Kier molecular flexibility index (Phi) is 9.36. The maximum absolute atomic E-state index is 10.1. The summed E-state index contributed by atoms with van der Waals surface area (Å²) < 4.78 is 5.66. The number of aliphatic hydroxyl groups is 2. The molecule has 0 amide bonds. The van der Waals surface area contributed by atoms with E-state index < -0.39 is 0 Å². The zero-order chi connectivity index (χ0) is 17.0. The fourth-order valence-corrected chi connectivity index (χ4v) is 3.38. The third-order valence-electron chi connectivity index (χ3n) is 4.93. The summed E-state index contributed by atoms with van der Waals surface area (Å²) in [6.45, 7) is 1.53. The first kappa shape index (κ1) is 19.4. The highest BCUT2D eigenvalue weighted by molar-refractivity contribution is 5.13. The first-order chi connectivity index (χ1) is 11.8. The van der Waals surface area contributed by atoms with E-state index in [1.807, 2.05) is 30.3 Å². The molecule has 0 aromatic heterocycles. The van der Waals surface area contributed by atoms with E-state index in [1.165, 1.54) is 32.1 Å². The number of rotatable bonds is 11. The maximum Gasteiger partial charge on any atom is 0.0717 e. The molecule has 1 fully saturated rings. The van der Waals surface area contributed by atoms with Gasteiger partial charge in [0, 0.05) is 6.54 Å². The highest BCUT2D eigenvalue weighted by Crippen LogP contribution is 2.27. The summed E-state index contributed by atoms with van der Waals surface area (Å²) in [5, 5.41) is 22.8. The average Bonchev–Trinajstić information content (AvgIpc) is 2.64. The van der Waals surface area contributed by atoms with E-state index in [2.05, 4.69) is 5.32 Å². The van der Waals surface area contributed by atoms with Crippen molar-refractivity contribution in [1.82, 2.24) is 5.32 Å². The van der Waals surface area contributed by atoms with Crippen molar-refractivity contribution < 1.29 is 14.9 Å². The summed E-state index contributed by atoms with van der Waals surface area (Å²) >= 11 is 0. The number of ether oxygens (including phenoxy) is 1. The molecule has 0 aliphatic heterocycles. The second-order valence-electron chi connectivity index (χ2n) is 7.02. The lowest BCUT2D eigenvalue weighted by atomic mass is 9.85. The molecule has 0 bridgehead atoms. The standard InChI is InChI=1S/C20H33NO3/c22-14-19(16-24-15-18-9-5-2-6-10-18)21-13-20(23)12-11-17-7-3-1-4-8-17/h2,5-6,9-10,17,19-23H,1,3-4,7-8,11-16H2/t19-,20+/m1/s1. The van der Waals surface area contributed by atoms with Crippen LogP contribution in [-0.2, 0) is 11.3 Å². The lowest BCUT2D eigenvalue weighted by molar-refractivity contribution is 0.0693. The van der Waals surface area contributed by atoms with Crippen LogP contribution in [0.1, 0.15) is 50.5 Å². The topological polar surface area (TPSA) is 61.7 Å². The summed E-state index contributed by atoms with van der Waals surface area (Å²) in [6, 6.07) is 9.88. The van der Waals surface area contributed by atoms with Gasteiger partial charge in [-0.2, -0.15) is 0 Å². The maximum atomic E-state index is 10.1. The van der Waals surface area contributed by atoms with Crippen molar-refractivity contribution in [3.63, 3.8) is 0 Å². The summed E-state index contributed by atoms with van der Waals surface area (Å²) in [7, 11) is 0. The molecule has 1 saturated carbocycles. The molecule has 4 nitrogen and oxygen atoms in total. The highest BCUT2D eigenvalue weighted by atomic mass is 16.5. The molecule has 0 spiro atoms. The Morgan fingerprint density at radius 2 is 1.88 bits per heavy atom. The molecule has 3 N–H and O–H groups in total. The molecule has 2 rings (SSSR count). The Labute approximate surface area is 146 Å². The van der Waals surface area contributed by atoms with Gasteiger partial charge in [-0.25, -0.2) is 0 Å². The van der Waals surface area contributed by atoms with E-state index in [1.54, 1.807) is 0 Å². The third-order valence-corrected chi connectivity index (χ3v) is 4.93. The molecule has 1 aliphatic rings. The van der Waals surface area contributed by atoms with Crippen LogP contribution in [0.3, 0.4) is 0 Å². The zero-order valence-electron chi connectivity index (χ0n) is 14.7. The lowest BCUT2D eigenvalue weighted by Gasteiger charge is -2.23. The van der Waals surface area contributed by atoms with Crippen LogP contribution in [0.2, 0.25) is 0 Å². The summed E-state index contributed by atoms with van der Waals surface area (Å²) in [5.74, 6) is 0.802. The average molecular weight is 335 g/mol. The van der Waals surface area contributed by atoms with Crippen LogP contribution in [0.5, 0.6) is 0 Å². The quantitative estimate of drug-likeness (QED) is 0.582. The summed E-state index contributed by atoms with van der Waals surface area (Å²) in [4.78, 5) is 0. The van der Waals surface area contributed by atoms with Crippen LogP contribution in [-0.4, -0.2) is 42.1 Å². The SMILES string of the molecule is OC[C@H](COCc1ccccc1)NC[C@@H](O)CCC1CCCCC1. The van der Waals surface area contributed by atoms with E-state index in [4.69, 9.17) is 4.74 Å². The van der Waals surface area contributed by atoms with Crippen LogP contribution in [0, 0.1) is 5.92 Å². The van der Waals surface area contributed by atoms with Gasteiger partial charge in [0.05, 0.1) is 32.0 Å². The van der Waals surface area contributed by atoms with Gasteiger partial charge in [0.15, 0.2) is 0 Å². The van der Waals surface area contributed by atoms with Crippen molar-refractivity contribution >= 4 is 0 Å². The molecular weight excluding hydrogens is 302 g/mol. The number of benzene rings is 1. The molecular formula is C20H33NO3. The van der Waals surface area contributed by atoms with Crippen molar-refractivity contribution in [2.24, 2.45) is 5.92 Å². The van der Waals surface area contributed by atoms with E-state index >= 15 is 0 Å². The van der Waals surface area contributed by atoms with Gasteiger partial charge in [-0.3, -0.25) is 0 Å². The number of nitrogens with one attached hydrogen (secondary N) is 1. The van der Waals surface area contributed by atoms with Gasteiger partial charge in [-0.15, -0.1) is 0 Å². The lowest BCUT2D eigenvalue weighted by Crippen LogP contribution is -2.41. The monoisotopic (exact) mass is 335 g/mol. The van der Waals surface area contributed by atoms with E-state index in [9.17, 15) is 10.2 Å². The van der Waals surface area contributed by atoms with E-state index in [0.29, 0.717) is 19.8 Å². The van der Waals surface area contributed by atoms with Crippen LogP contribution in [0.25, 0.3) is 0 Å². The third kappa shape index (κ3) is 7.75. The van der Waals surface area contributed by atoms with Crippen molar-refractivity contribution in [3.05, 3.63) is 35.9 Å². The predicted octanol–water partition coefficient (Wildman–Crippen LogP) is 2.88. The van der Waals surface area contributed by atoms with Gasteiger partial charge >= 0.3 is 0 Å². The van der Waals surface area contributed by atoms with Crippen molar-refractivity contribution in [3.8, 4) is 0 Å². The van der Waals surface area contributed by atoms with Gasteiger partial charge in [-0.1, -0.05) is 62.4 Å². The van der Waals surface area contributed by atoms with Gasteiger partial charge < -0.3 is 20.3 Å². The first-order valence-corrected chi connectivity index (χ1v) is 9.42. The fourth-order valence-electron chi connectivity index (χ4n) is 3.38. The largest absolute Gasteiger partial charge is 0.395 e. The van der Waals surface area contributed by atoms with Crippen LogP contribution >= 0.6 is 0 Å². The zero-order valence-corrected chi connectivity index (χ0v) is 14.7. The molecule has 0 unspecified atom stereocenters. The van der Waals surface area contributed by atoms with Crippen molar-refractivity contribution in [1.29, 1.82) is 0 Å². The van der Waals surface area contributed by atoms with Crippen LogP contribution in [0.4, 0.5) is 0 Å². The van der Waals surface area contributed by atoms with Gasteiger partial charge in [0.2, 0.25) is 0 Å².